The van der Waals surface area contributed by atoms with E-state index in [1.165, 1.54) is 6.07 Å². The van der Waals surface area contributed by atoms with E-state index in [0.29, 0.717) is 0 Å². The lowest BCUT2D eigenvalue weighted by Crippen LogP contribution is -2.40. The van der Waals surface area contributed by atoms with Gasteiger partial charge in [0.15, 0.2) is 0 Å². The topological polar surface area (TPSA) is 37.3 Å². The highest BCUT2D eigenvalue weighted by Gasteiger charge is 2.58. The SMILES string of the molecule is O=C(O)CC(F)(c1cccc(Cl)c1)C(F)(F)F. The van der Waals surface area contributed by atoms with E-state index in [2.05, 4.69) is 0 Å². The number of aliphatic carboxylic acids is 1. The Morgan fingerprint density at radius 1 is 1.29 bits per heavy atom. The largest absolute Gasteiger partial charge is 0.481 e. The molecule has 0 saturated heterocycles. The van der Waals surface area contributed by atoms with Gasteiger partial charge in [-0.2, -0.15) is 13.2 Å². The summed E-state index contributed by atoms with van der Waals surface area (Å²) in [6.07, 6.45) is -7.02. The quantitative estimate of drug-likeness (QED) is 0.853. The average molecular weight is 271 g/mol. The smallest absolute Gasteiger partial charge is 0.427 e. The Labute approximate surface area is 98.8 Å². The Hall–Kier alpha value is -1.30. The van der Waals surface area contributed by atoms with Crippen molar-refractivity contribution in [3.8, 4) is 0 Å². The Morgan fingerprint density at radius 2 is 1.88 bits per heavy atom. The molecule has 0 fully saturated rings. The van der Waals surface area contributed by atoms with Gasteiger partial charge in [-0.25, -0.2) is 4.39 Å². The second kappa shape index (κ2) is 4.52. The maximum absolute atomic E-state index is 13.9. The van der Waals surface area contributed by atoms with Gasteiger partial charge in [0.25, 0.3) is 0 Å². The second-order valence-electron chi connectivity index (χ2n) is 3.38. The zero-order valence-corrected chi connectivity index (χ0v) is 9.02. The van der Waals surface area contributed by atoms with E-state index in [0.717, 1.165) is 18.2 Å². The third-order valence-corrected chi connectivity index (χ3v) is 2.36. The van der Waals surface area contributed by atoms with Crippen molar-refractivity contribution in [2.24, 2.45) is 0 Å². The summed E-state index contributed by atoms with van der Waals surface area (Å²) < 4.78 is 51.7. The highest BCUT2D eigenvalue weighted by atomic mass is 35.5. The zero-order valence-electron chi connectivity index (χ0n) is 8.26. The summed E-state index contributed by atoms with van der Waals surface area (Å²) in [6, 6.07) is 4.00. The predicted molar refractivity (Wildman–Crippen MR) is 52.5 cm³/mol. The minimum absolute atomic E-state index is 0.0980. The first-order valence-electron chi connectivity index (χ1n) is 4.40. The van der Waals surface area contributed by atoms with Crippen LogP contribution < -0.4 is 0 Å². The minimum Gasteiger partial charge on any atom is -0.481 e. The summed E-state index contributed by atoms with van der Waals surface area (Å²) in [6.45, 7) is 0. The molecule has 0 bridgehead atoms. The van der Waals surface area contributed by atoms with Gasteiger partial charge < -0.3 is 5.11 Å². The lowest BCUT2D eigenvalue weighted by Gasteiger charge is -2.26. The predicted octanol–water partition coefficient (Wildman–Crippen LogP) is 3.54. The van der Waals surface area contributed by atoms with Crippen molar-refractivity contribution in [3.05, 3.63) is 34.9 Å². The molecule has 0 aromatic heterocycles. The van der Waals surface area contributed by atoms with Crippen molar-refractivity contribution < 1.29 is 27.5 Å². The van der Waals surface area contributed by atoms with Crippen LogP contribution in [0.5, 0.6) is 0 Å². The summed E-state index contributed by atoms with van der Waals surface area (Å²) in [5.74, 6) is -1.88. The molecule has 7 heteroatoms. The molecule has 0 radical (unpaired) electrons. The standard InChI is InChI=1S/C10H7ClF4O2/c11-7-3-1-2-6(4-7)9(12,5-8(16)17)10(13,14)15/h1-4H,5H2,(H,16,17). The fourth-order valence-electron chi connectivity index (χ4n) is 1.31. The molecule has 2 nitrogen and oxygen atoms in total. The zero-order chi connectivity index (χ0) is 13.3. The van der Waals surface area contributed by atoms with Gasteiger partial charge in [0.1, 0.15) is 0 Å². The average Bonchev–Trinajstić information content (AvgIpc) is 2.14. The van der Waals surface area contributed by atoms with Crippen molar-refractivity contribution >= 4 is 17.6 Å². The lowest BCUT2D eigenvalue weighted by molar-refractivity contribution is -0.239. The molecule has 0 heterocycles. The molecule has 1 unspecified atom stereocenters. The van der Waals surface area contributed by atoms with Crippen LogP contribution in [-0.2, 0) is 10.5 Å². The molecule has 0 aliphatic carbocycles. The Kier molecular flexibility index (Phi) is 3.66. The number of alkyl halides is 4. The first kappa shape index (κ1) is 13.8. The number of carboxylic acids is 1. The summed E-state index contributed by atoms with van der Waals surface area (Å²) in [5, 5.41) is 8.27. The molecule has 94 valence electrons. The summed E-state index contributed by atoms with van der Waals surface area (Å²) in [5.41, 5.74) is -4.76. The molecule has 0 aliphatic heterocycles. The van der Waals surface area contributed by atoms with E-state index in [1.807, 2.05) is 0 Å². The van der Waals surface area contributed by atoms with Crippen LogP contribution in [0.2, 0.25) is 5.02 Å². The first-order chi connectivity index (χ1) is 7.67. The normalized spacial score (nSPS) is 15.4. The van der Waals surface area contributed by atoms with Crippen LogP contribution >= 0.6 is 11.6 Å². The van der Waals surface area contributed by atoms with E-state index in [-0.39, 0.29) is 5.02 Å². The number of carboxylic acid groups (broad SMARTS) is 1. The third-order valence-electron chi connectivity index (χ3n) is 2.13. The Morgan fingerprint density at radius 3 is 2.29 bits per heavy atom. The van der Waals surface area contributed by atoms with Gasteiger partial charge in [-0.3, -0.25) is 4.79 Å². The molecule has 1 aromatic carbocycles. The Balaban J connectivity index is 3.29. The van der Waals surface area contributed by atoms with E-state index in [1.54, 1.807) is 0 Å². The van der Waals surface area contributed by atoms with Gasteiger partial charge in [-0.15, -0.1) is 0 Å². The number of hydrogen-bond donors (Lipinski definition) is 1. The molecular weight excluding hydrogens is 264 g/mol. The van der Waals surface area contributed by atoms with Crippen molar-refractivity contribution in [2.75, 3.05) is 0 Å². The number of halogens is 5. The number of carbonyl (C=O) groups is 1. The van der Waals surface area contributed by atoms with E-state index >= 15 is 0 Å². The monoisotopic (exact) mass is 270 g/mol. The molecule has 17 heavy (non-hydrogen) atoms. The van der Waals surface area contributed by atoms with Gasteiger partial charge >= 0.3 is 12.1 Å². The highest BCUT2D eigenvalue weighted by Crippen LogP contribution is 2.45. The molecule has 1 N–H and O–H groups in total. The van der Waals surface area contributed by atoms with Crippen LogP contribution in [0.4, 0.5) is 17.6 Å². The van der Waals surface area contributed by atoms with Gasteiger partial charge in [-0.05, 0) is 12.1 Å². The summed E-state index contributed by atoms with van der Waals surface area (Å²) >= 11 is 5.46. The molecule has 0 saturated carbocycles. The summed E-state index contributed by atoms with van der Waals surface area (Å²) in [7, 11) is 0. The molecule has 0 amide bonds. The van der Waals surface area contributed by atoms with Crippen LogP contribution in [0.1, 0.15) is 12.0 Å². The molecule has 1 aromatic rings. The lowest BCUT2D eigenvalue weighted by atomic mass is 9.91. The van der Waals surface area contributed by atoms with Gasteiger partial charge in [-0.1, -0.05) is 23.7 Å². The third kappa shape index (κ3) is 2.88. The van der Waals surface area contributed by atoms with Crippen LogP contribution in [0.25, 0.3) is 0 Å². The van der Waals surface area contributed by atoms with Crippen molar-refractivity contribution in [1.29, 1.82) is 0 Å². The molecule has 0 spiro atoms. The van der Waals surface area contributed by atoms with E-state index in [4.69, 9.17) is 16.7 Å². The fraction of sp³-hybridized carbons (Fsp3) is 0.300. The van der Waals surface area contributed by atoms with Gasteiger partial charge in [0.05, 0.1) is 6.42 Å². The molecular formula is C10H7ClF4O2. The molecule has 1 rings (SSSR count). The van der Waals surface area contributed by atoms with Gasteiger partial charge in [0.2, 0.25) is 5.67 Å². The van der Waals surface area contributed by atoms with E-state index in [9.17, 15) is 22.4 Å². The van der Waals surface area contributed by atoms with Crippen LogP contribution in [0.15, 0.2) is 24.3 Å². The Bertz CT molecular complexity index is 433. The molecule has 1 atom stereocenters. The van der Waals surface area contributed by atoms with Gasteiger partial charge in [0, 0.05) is 10.6 Å². The maximum atomic E-state index is 13.9. The molecule has 0 aliphatic rings. The first-order valence-corrected chi connectivity index (χ1v) is 4.78. The summed E-state index contributed by atoms with van der Waals surface area (Å²) in [4.78, 5) is 10.3. The second-order valence-corrected chi connectivity index (χ2v) is 3.82. The minimum atomic E-state index is -5.32. The number of rotatable bonds is 3. The fourth-order valence-corrected chi connectivity index (χ4v) is 1.50. The number of benzene rings is 1. The van der Waals surface area contributed by atoms with Crippen molar-refractivity contribution in [2.45, 2.75) is 18.3 Å². The number of hydrogen-bond acceptors (Lipinski definition) is 1. The van der Waals surface area contributed by atoms with Crippen molar-refractivity contribution in [1.82, 2.24) is 0 Å². The van der Waals surface area contributed by atoms with Crippen molar-refractivity contribution in [3.63, 3.8) is 0 Å². The maximum Gasteiger partial charge on any atom is 0.427 e. The van der Waals surface area contributed by atoms with E-state index < -0.39 is 29.8 Å². The van der Waals surface area contributed by atoms with Crippen LogP contribution in [0, 0.1) is 0 Å². The van der Waals surface area contributed by atoms with Crippen LogP contribution in [0.3, 0.4) is 0 Å². The highest BCUT2D eigenvalue weighted by molar-refractivity contribution is 6.30. The van der Waals surface area contributed by atoms with Crippen LogP contribution in [-0.4, -0.2) is 17.3 Å².